The van der Waals surface area contributed by atoms with E-state index in [-0.39, 0.29) is 11.7 Å². The summed E-state index contributed by atoms with van der Waals surface area (Å²) in [6.07, 6.45) is 1.78. The maximum atomic E-state index is 12.9. The van der Waals surface area contributed by atoms with Crippen molar-refractivity contribution in [2.45, 2.75) is 11.7 Å². The van der Waals surface area contributed by atoms with E-state index in [0.29, 0.717) is 39.7 Å². The average molecular weight is 572 g/mol. The van der Waals surface area contributed by atoms with Gasteiger partial charge in [-0.25, -0.2) is 4.98 Å². The molecular weight excluding hydrogens is 546 g/mol. The Morgan fingerprint density at radius 2 is 1.77 bits per heavy atom. The molecule has 0 radical (unpaired) electrons. The Balaban J connectivity index is 1.45. The predicted octanol–water partition coefficient (Wildman–Crippen LogP) is 6.75. The first-order chi connectivity index (χ1) is 19.5. The normalized spacial score (nSPS) is 10.9. The number of hydrogen-bond donors (Lipinski definition) is 1. The van der Waals surface area contributed by atoms with Gasteiger partial charge in [0, 0.05) is 35.2 Å². The van der Waals surface area contributed by atoms with Crippen molar-refractivity contribution in [1.29, 1.82) is 0 Å². The number of amides is 1. The molecule has 10 heteroatoms. The quantitative estimate of drug-likeness (QED) is 0.146. The Bertz CT molecular complexity index is 1690. The molecular formula is C30H26ClN5O3S. The van der Waals surface area contributed by atoms with Crippen LogP contribution in [-0.4, -0.2) is 45.6 Å². The van der Waals surface area contributed by atoms with Crippen LogP contribution in [0, 0.1) is 0 Å². The van der Waals surface area contributed by atoms with Crippen LogP contribution in [-0.2, 0) is 11.3 Å². The van der Waals surface area contributed by atoms with Crippen molar-refractivity contribution in [2.24, 2.45) is 0 Å². The molecule has 0 aliphatic carbocycles. The number of pyridine rings is 1. The summed E-state index contributed by atoms with van der Waals surface area (Å²) in [7, 11) is 3.02. The van der Waals surface area contributed by atoms with Crippen molar-refractivity contribution >= 4 is 45.9 Å². The Kier molecular flexibility index (Phi) is 8.33. The van der Waals surface area contributed by atoms with Gasteiger partial charge in [-0.3, -0.25) is 9.36 Å². The van der Waals surface area contributed by atoms with Crippen LogP contribution in [0.1, 0.15) is 0 Å². The highest BCUT2D eigenvalue weighted by Gasteiger charge is 2.19. The zero-order valence-corrected chi connectivity index (χ0v) is 23.5. The molecule has 0 aliphatic heterocycles. The lowest BCUT2D eigenvalue weighted by Gasteiger charge is -2.13. The highest BCUT2D eigenvalue weighted by Crippen LogP contribution is 2.36. The van der Waals surface area contributed by atoms with Crippen molar-refractivity contribution in [1.82, 2.24) is 19.7 Å². The van der Waals surface area contributed by atoms with Crippen LogP contribution in [0.2, 0.25) is 5.02 Å². The number of para-hydroxylation sites is 1. The van der Waals surface area contributed by atoms with Crippen LogP contribution < -0.4 is 14.8 Å². The number of methoxy groups -OCH3 is 2. The Hall–Kier alpha value is -4.34. The maximum Gasteiger partial charge on any atom is 0.234 e. The van der Waals surface area contributed by atoms with E-state index in [1.54, 1.807) is 18.2 Å². The highest BCUT2D eigenvalue weighted by atomic mass is 35.5. The lowest BCUT2D eigenvalue weighted by Crippen LogP contribution is -2.15. The second-order valence-corrected chi connectivity index (χ2v) is 10.0. The number of ether oxygens (including phenoxy) is 2. The number of fused-ring (bicyclic) bond motifs is 1. The molecule has 0 atom stereocenters. The number of nitrogens with zero attached hydrogens (tertiary/aromatic N) is 4. The highest BCUT2D eigenvalue weighted by molar-refractivity contribution is 7.99. The fourth-order valence-electron chi connectivity index (χ4n) is 4.28. The number of hydrogen-bond acceptors (Lipinski definition) is 7. The summed E-state index contributed by atoms with van der Waals surface area (Å²) in [4.78, 5) is 17.8. The lowest BCUT2D eigenvalue weighted by atomic mass is 10.0. The van der Waals surface area contributed by atoms with Crippen molar-refractivity contribution < 1.29 is 14.3 Å². The first-order valence-corrected chi connectivity index (χ1v) is 13.7. The van der Waals surface area contributed by atoms with E-state index in [2.05, 4.69) is 22.1 Å². The summed E-state index contributed by atoms with van der Waals surface area (Å²) in [6, 6.07) is 23.2. The largest absolute Gasteiger partial charge is 0.495 e. The Morgan fingerprint density at radius 1 is 1.02 bits per heavy atom. The maximum absolute atomic E-state index is 12.9. The minimum Gasteiger partial charge on any atom is -0.495 e. The van der Waals surface area contributed by atoms with E-state index in [1.807, 2.05) is 65.2 Å². The molecule has 0 fully saturated rings. The number of halogens is 1. The van der Waals surface area contributed by atoms with Crippen LogP contribution in [0.4, 0.5) is 5.69 Å². The zero-order valence-electron chi connectivity index (χ0n) is 21.9. The molecule has 5 rings (SSSR count). The van der Waals surface area contributed by atoms with Gasteiger partial charge in [-0.1, -0.05) is 78.0 Å². The van der Waals surface area contributed by atoms with Crippen LogP contribution >= 0.6 is 23.4 Å². The van der Waals surface area contributed by atoms with Gasteiger partial charge < -0.3 is 14.8 Å². The number of anilines is 1. The minimum atomic E-state index is -0.247. The smallest absolute Gasteiger partial charge is 0.234 e. The first-order valence-electron chi connectivity index (χ1n) is 12.4. The lowest BCUT2D eigenvalue weighted by molar-refractivity contribution is -0.113. The van der Waals surface area contributed by atoms with Gasteiger partial charge in [-0.05, 0) is 12.1 Å². The summed E-state index contributed by atoms with van der Waals surface area (Å²) in [6.45, 7) is 4.38. The molecule has 1 N–H and O–H groups in total. The molecule has 1 amide bonds. The van der Waals surface area contributed by atoms with E-state index >= 15 is 0 Å². The third-order valence-electron chi connectivity index (χ3n) is 6.14. The van der Waals surface area contributed by atoms with Gasteiger partial charge in [0.15, 0.2) is 11.0 Å². The molecule has 40 heavy (non-hydrogen) atoms. The summed E-state index contributed by atoms with van der Waals surface area (Å²) >= 11 is 7.47. The predicted molar refractivity (Wildman–Crippen MR) is 160 cm³/mol. The van der Waals surface area contributed by atoms with Gasteiger partial charge in [0.25, 0.3) is 0 Å². The molecule has 0 unspecified atom stereocenters. The number of aromatic nitrogens is 4. The molecule has 202 valence electrons. The van der Waals surface area contributed by atoms with Gasteiger partial charge in [-0.15, -0.1) is 16.8 Å². The summed E-state index contributed by atoms with van der Waals surface area (Å²) < 4.78 is 12.6. The van der Waals surface area contributed by atoms with Gasteiger partial charge >= 0.3 is 0 Å². The third kappa shape index (κ3) is 5.66. The topological polar surface area (TPSA) is 91.2 Å². The standard InChI is InChI=1S/C30H26ClN5O3S/c1-4-14-36-29(21-15-24(19-10-6-5-7-11-19)32-23-13-9-8-12-20(21)23)34-35-30(36)40-18-28(37)33-25-17-26(38-2)22(31)16-27(25)39-3/h4-13,15-17H,1,14,18H2,2-3H3,(H,33,37). The molecule has 8 nitrogen and oxygen atoms in total. The number of carbonyl (C=O) groups is 1. The van der Waals surface area contributed by atoms with Crippen LogP contribution in [0.15, 0.2) is 90.6 Å². The Morgan fingerprint density at radius 3 is 2.52 bits per heavy atom. The molecule has 2 aromatic heterocycles. The number of nitrogens with one attached hydrogen (secondary N) is 1. The Labute approximate surface area is 241 Å². The van der Waals surface area contributed by atoms with Crippen LogP contribution in [0.5, 0.6) is 11.5 Å². The van der Waals surface area contributed by atoms with E-state index in [9.17, 15) is 4.79 Å². The number of carbonyl (C=O) groups excluding carboxylic acids is 1. The molecule has 3 aromatic carbocycles. The minimum absolute atomic E-state index is 0.0930. The number of rotatable bonds is 10. The van der Waals surface area contributed by atoms with Crippen molar-refractivity contribution in [3.8, 4) is 34.1 Å². The van der Waals surface area contributed by atoms with E-state index in [1.165, 1.54) is 26.0 Å². The van der Waals surface area contributed by atoms with Crippen molar-refractivity contribution in [3.63, 3.8) is 0 Å². The molecule has 0 spiro atoms. The van der Waals surface area contributed by atoms with Crippen molar-refractivity contribution in [2.75, 3.05) is 25.3 Å². The molecule has 0 bridgehead atoms. The molecule has 5 aromatic rings. The molecule has 0 saturated heterocycles. The SMILES string of the molecule is C=CCn1c(SCC(=O)Nc2cc(OC)c(Cl)cc2OC)nnc1-c1cc(-c2ccccc2)nc2ccccc12. The zero-order chi connectivity index (χ0) is 28.1. The van der Waals surface area contributed by atoms with Crippen LogP contribution in [0.25, 0.3) is 33.5 Å². The first kappa shape index (κ1) is 27.2. The molecule has 0 saturated carbocycles. The number of benzene rings is 3. The number of allylic oxidation sites excluding steroid dienone is 1. The van der Waals surface area contributed by atoms with E-state index < -0.39 is 0 Å². The summed E-state index contributed by atoms with van der Waals surface area (Å²) in [5.41, 5.74) is 4.05. The van der Waals surface area contributed by atoms with Gasteiger partial charge in [0.1, 0.15) is 11.5 Å². The van der Waals surface area contributed by atoms with Crippen LogP contribution in [0.3, 0.4) is 0 Å². The number of thioether (sulfide) groups is 1. The van der Waals surface area contributed by atoms with E-state index in [0.717, 1.165) is 27.7 Å². The van der Waals surface area contributed by atoms with Gasteiger partial charge in [0.05, 0.1) is 41.9 Å². The fraction of sp³-hybridized carbons (Fsp3) is 0.133. The average Bonchev–Trinajstić information content (AvgIpc) is 3.38. The second-order valence-electron chi connectivity index (χ2n) is 8.67. The monoisotopic (exact) mass is 571 g/mol. The van der Waals surface area contributed by atoms with Gasteiger partial charge in [-0.2, -0.15) is 0 Å². The fourth-order valence-corrected chi connectivity index (χ4v) is 5.26. The van der Waals surface area contributed by atoms with Crippen molar-refractivity contribution in [3.05, 3.63) is 90.5 Å². The third-order valence-corrected chi connectivity index (χ3v) is 7.40. The van der Waals surface area contributed by atoms with Gasteiger partial charge in [0.2, 0.25) is 5.91 Å². The molecule has 2 heterocycles. The molecule has 0 aliphatic rings. The second kappa shape index (κ2) is 12.2. The summed E-state index contributed by atoms with van der Waals surface area (Å²) in [5.74, 6) is 1.38. The summed E-state index contributed by atoms with van der Waals surface area (Å²) in [5, 5.41) is 13.8. The van der Waals surface area contributed by atoms with E-state index in [4.69, 9.17) is 26.1 Å².